The number of benzene rings is 1. The van der Waals surface area contributed by atoms with E-state index in [1.54, 1.807) is 12.4 Å². The van der Waals surface area contributed by atoms with Gasteiger partial charge in [0.2, 0.25) is 0 Å². The van der Waals surface area contributed by atoms with Gasteiger partial charge in [0.1, 0.15) is 0 Å². The zero-order valence-electron chi connectivity index (χ0n) is 12.8. The van der Waals surface area contributed by atoms with E-state index in [2.05, 4.69) is 15.6 Å². The summed E-state index contributed by atoms with van der Waals surface area (Å²) in [7, 11) is 0. The van der Waals surface area contributed by atoms with Gasteiger partial charge in [-0.1, -0.05) is 0 Å². The minimum absolute atomic E-state index is 0.141. The average Bonchev–Trinajstić information content (AvgIpc) is 2.59. The molecular formula is C18H21N3O. The first-order valence-corrected chi connectivity index (χ1v) is 7.77. The molecule has 1 atom stereocenters. The first kappa shape index (κ1) is 14.7. The van der Waals surface area contributed by atoms with Gasteiger partial charge in [-0.05, 0) is 61.2 Å². The van der Waals surface area contributed by atoms with Crippen LogP contribution < -0.4 is 10.6 Å². The molecule has 0 fully saturated rings. The van der Waals surface area contributed by atoms with Gasteiger partial charge in [-0.15, -0.1) is 0 Å². The Kier molecular flexibility index (Phi) is 4.49. The second-order valence-electron chi connectivity index (χ2n) is 5.72. The Hall–Kier alpha value is -2.20. The van der Waals surface area contributed by atoms with Crippen molar-refractivity contribution in [3.05, 3.63) is 59.4 Å². The van der Waals surface area contributed by atoms with Gasteiger partial charge in [-0.25, -0.2) is 0 Å². The number of ketones is 1. The van der Waals surface area contributed by atoms with E-state index in [-0.39, 0.29) is 11.8 Å². The Morgan fingerprint density at radius 1 is 1.32 bits per heavy atom. The maximum atomic E-state index is 12.6. The maximum absolute atomic E-state index is 12.6. The molecule has 4 nitrogen and oxygen atoms in total. The van der Waals surface area contributed by atoms with Crippen LogP contribution in [0.15, 0.2) is 42.7 Å². The lowest BCUT2D eigenvalue weighted by molar-refractivity contribution is 0.0950. The van der Waals surface area contributed by atoms with Gasteiger partial charge in [0.05, 0.1) is 6.04 Å². The van der Waals surface area contributed by atoms with Crippen molar-refractivity contribution in [3.63, 3.8) is 0 Å². The molecule has 0 aliphatic carbocycles. The van der Waals surface area contributed by atoms with E-state index >= 15 is 0 Å². The Morgan fingerprint density at radius 3 is 2.95 bits per heavy atom. The molecule has 0 saturated heterocycles. The van der Waals surface area contributed by atoms with Gasteiger partial charge in [0, 0.05) is 36.7 Å². The van der Waals surface area contributed by atoms with E-state index in [0.717, 1.165) is 30.5 Å². The van der Waals surface area contributed by atoms with E-state index in [0.29, 0.717) is 6.54 Å². The molecule has 0 spiro atoms. The molecule has 0 saturated carbocycles. The van der Waals surface area contributed by atoms with Crippen LogP contribution in [-0.2, 0) is 13.0 Å². The van der Waals surface area contributed by atoms with Gasteiger partial charge >= 0.3 is 0 Å². The monoisotopic (exact) mass is 295 g/mol. The number of Topliss-reactive ketones (excluding diaryl/α,β-unsaturated/α-hetero) is 1. The van der Waals surface area contributed by atoms with Crippen LogP contribution in [0, 0.1) is 0 Å². The number of anilines is 1. The predicted molar refractivity (Wildman–Crippen MR) is 88.1 cm³/mol. The van der Waals surface area contributed by atoms with E-state index in [9.17, 15) is 4.79 Å². The summed E-state index contributed by atoms with van der Waals surface area (Å²) in [4.78, 5) is 16.6. The Labute approximate surface area is 131 Å². The van der Waals surface area contributed by atoms with Crippen molar-refractivity contribution in [3.8, 4) is 0 Å². The minimum atomic E-state index is -0.206. The number of fused-ring (bicyclic) bond motifs is 1. The zero-order valence-corrected chi connectivity index (χ0v) is 12.8. The molecule has 114 valence electrons. The third-order valence-electron chi connectivity index (χ3n) is 4.08. The fraction of sp³-hybridized carbons (Fsp3) is 0.333. The smallest absolute Gasteiger partial charge is 0.179 e. The molecule has 1 aromatic carbocycles. The molecule has 22 heavy (non-hydrogen) atoms. The van der Waals surface area contributed by atoms with Crippen LogP contribution in [0.2, 0.25) is 0 Å². The first-order valence-electron chi connectivity index (χ1n) is 7.77. The minimum Gasteiger partial charge on any atom is -0.385 e. The average molecular weight is 295 g/mol. The van der Waals surface area contributed by atoms with Crippen LogP contribution >= 0.6 is 0 Å². The largest absolute Gasteiger partial charge is 0.385 e. The fourth-order valence-electron chi connectivity index (χ4n) is 2.74. The quantitative estimate of drug-likeness (QED) is 0.833. The van der Waals surface area contributed by atoms with Gasteiger partial charge < -0.3 is 10.6 Å². The number of hydrogen-bond donors (Lipinski definition) is 2. The van der Waals surface area contributed by atoms with E-state index in [1.165, 1.54) is 11.3 Å². The number of aromatic nitrogens is 1. The zero-order chi connectivity index (χ0) is 15.4. The molecule has 1 aliphatic heterocycles. The summed E-state index contributed by atoms with van der Waals surface area (Å²) >= 11 is 0. The SMILES string of the molecule is CC(NCc1ccncc1)C(=O)c1ccc2c(c1)CCCN2. The molecule has 2 heterocycles. The summed E-state index contributed by atoms with van der Waals surface area (Å²) in [5.41, 5.74) is 4.33. The van der Waals surface area contributed by atoms with Gasteiger partial charge in [0.15, 0.2) is 5.78 Å². The highest BCUT2D eigenvalue weighted by molar-refractivity contribution is 6.00. The molecule has 1 aliphatic rings. The van der Waals surface area contributed by atoms with E-state index < -0.39 is 0 Å². The van der Waals surface area contributed by atoms with Gasteiger partial charge in [0.25, 0.3) is 0 Å². The predicted octanol–water partition coefficient (Wildman–Crippen LogP) is 2.80. The van der Waals surface area contributed by atoms with Crippen molar-refractivity contribution in [1.82, 2.24) is 10.3 Å². The normalized spacial score (nSPS) is 14.8. The number of rotatable bonds is 5. The Bertz CT molecular complexity index is 655. The van der Waals surface area contributed by atoms with Gasteiger partial charge in [-0.2, -0.15) is 0 Å². The standard InChI is InChI=1S/C18H21N3O/c1-13(21-12-14-6-9-19-10-7-14)18(22)16-4-5-17-15(11-16)3-2-8-20-17/h4-7,9-11,13,20-21H,2-3,8,12H2,1H3. The third-order valence-corrected chi connectivity index (χ3v) is 4.08. The second kappa shape index (κ2) is 6.71. The fourth-order valence-corrected chi connectivity index (χ4v) is 2.74. The molecule has 4 heteroatoms. The molecular weight excluding hydrogens is 274 g/mol. The molecule has 2 aromatic rings. The molecule has 0 bridgehead atoms. The summed E-state index contributed by atoms with van der Waals surface area (Å²) < 4.78 is 0. The molecule has 2 N–H and O–H groups in total. The lowest BCUT2D eigenvalue weighted by atomic mass is 9.97. The number of pyridine rings is 1. The van der Waals surface area contributed by atoms with Crippen LogP contribution in [0.3, 0.4) is 0 Å². The van der Waals surface area contributed by atoms with Crippen LogP contribution in [0.25, 0.3) is 0 Å². The molecule has 1 unspecified atom stereocenters. The first-order chi connectivity index (χ1) is 10.7. The lowest BCUT2D eigenvalue weighted by Gasteiger charge is -2.19. The van der Waals surface area contributed by atoms with Crippen molar-refractivity contribution in [2.24, 2.45) is 0 Å². The molecule has 1 aromatic heterocycles. The summed E-state index contributed by atoms with van der Waals surface area (Å²) in [6.07, 6.45) is 5.70. The topological polar surface area (TPSA) is 54.0 Å². The number of carbonyl (C=O) groups is 1. The van der Waals surface area contributed by atoms with Crippen molar-refractivity contribution in [2.75, 3.05) is 11.9 Å². The summed E-state index contributed by atoms with van der Waals surface area (Å²) in [6.45, 7) is 3.60. The molecule has 0 amide bonds. The van der Waals surface area contributed by atoms with Crippen molar-refractivity contribution >= 4 is 11.5 Å². The van der Waals surface area contributed by atoms with E-state index in [1.807, 2.05) is 37.3 Å². The molecule has 0 radical (unpaired) electrons. The van der Waals surface area contributed by atoms with Gasteiger partial charge in [-0.3, -0.25) is 9.78 Å². The number of aryl methyl sites for hydroxylation is 1. The van der Waals surface area contributed by atoms with Crippen LogP contribution in [0.1, 0.15) is 34.8 Å². The summed E-state index contributed by atoms with van der Waals surface area (Å²) in [5.74, 6) is 0.141. The number of nitrogens with one attached hydrogen (secondary N) is 2. The van der Waals surface area contributed by atoms with Crippen LogP contribution in [0.4, 0.5) is 5.69 Å². The van der Waals surface area contributed by atoms with Crippen molar-refractivity contribution in [2.45, 2.75) is 32.4 Å². The second-order valence-corrected chi connectivity index (χ2v) is 5.72. The highest BCUT2D eigenvalue weighted by atomic mass is 16.1. The highest BCUT2D eigenvalue weighted by Gasteiger charge is 2.17. The van der Waals surface area contributed by atoms with Crippen LogP contribution in [0.5, 0.6) is 0 Å². The third kappa shape index (κ3) is 3.34. The number of carbonyl (C=O) groups excluding carboxylic acids is 1. The Morgan fingerprint density at radius 2 is 2.14 bits per heavy atom. The Balaban J connectivity index is 1.65. The summed E-state index contributed by atoms with van der Waals surface area (Å²) in [6, 6.07) is 9.68. The maximum Gasteiger partial charge on any atom is 0.179 e. The van der Waals surface area contributed by atoms with Crippen molar-refractivity contribution in [1.29, 1.82) is 0 Å². The summed E-state index contributed by atoms with van der Waals surface area (Å²) in [5, 5.41) is 6.66. The highest BCUT2D eigenvalue weighted by Crippen LogP contribution is 2.23. The van der Waals surface area contributed by atoms with Crippen LogP contribution in [-0.4, -0.2) is 23.4 Å². The van der Waals surface area contributed by atoms with Crippen molar-refractivity contribution < 1.29 is 4.79 Å². The number of nitrogens with zero attached hydrogens (tertiary/aromatic N) is 1. The van der Waals surface area contributed by atoms with E-state index in [4.69, 9.17) is 0 Å². The molecule has 3 rings (SSSR count). The lowest BCUT2D eigenvalue weighted by Crippen LogP contribution is -2.33. The number of hydrogen-bond acceptors (Lipinski definition) is 4.